The molecule has 188 valence electrons. The minimum absolute atomic E-state index is 0.206. The highest BCUT2D eigenvalue weighted by Gasteiger charge is 2.34. The zero-order chi connectivity index (χ0) is 25.4. The number of aromatic nitrogens is 2. The lowest BCUT2D eigenvalue weighted by atomic mass is 10.1. The summed E-state index contributed by atoms with van der Waals surface area (Å²) in [5, 5.41) is 4.10. The molecule has 3 heterocycles. The van der Waals surface area contributed by atoms with Crippen molar-refractivity contribution in [2.24, 2.45) is 0 Å². The fourth-order valence-electron chi connectivity index (χ4n) is 4.69. The van der Waals surface area contributed by atoms with Crippen LogP contribution in [0.15, 0.2) is 53.3 Å². The number of nitrogens with zero attached hydrogens (tertiary/aromatic N) is 4. The first-order chi connectivity index (χ1) is 17.2. The molecule has 1 amide bonds. The summed E-state index contributed by atoms with van der Waals surface area (Å²) in [4.78, 5) is 29.6. The van der Waals surface area contributed by atoms with E-state index < -0.39 is 23.1 Å². The highest BCUT2D eigenvalue weighted by atomic mass is 19.4. The van der Waals surface area contributed by atoms with Gasteiger partial charge in [-0.15, -0.1) is 0 Å². The van der Waals surface area contributed by atoms with Crippen LogP contribution >= 0.6 is 0 Å². The number of amides is 1. The average Bonchev–Trinajstić information content (AvgIpc) is 3.32. The van der Waals surface area contributed by atoms with Crippen molar-refractivity contribution in [3.05, 3.63) is 86.8 Å². The maximum absolute atomic E-state index is 13.6. The molecule has 0 N–H and O–H groups in total. The lowest BCUT2D eigenvalue weighted by molar-refractivity contribution is -0.137. The number of hydrogen-bond acceptors (Lipinski definition) is 5. The maximum Gasteiger partial charge on any atom is 0.418 e. The quantitative estimate of drug-likeness (QED) is 0.551. The normalized spacial score (nSPS) is 16.1. The van der Waals surface area contributed by atoms with Crippen LogP contribution in [0.25, 0.3) is 5.69 Å². The molecule has 2 aliphatic heterocycles. The Hall–Kier alpha value is -3.66. The summed E-state index contributed by atoms with van der Waals surface area (Å²) < 4.78 is 47.3. The molecule has 7 nitrogen and oxygen atoms in total. The van der Waals surface area contributed by atoms with Crippen LogP contribution in [0.4, 0.5) is 13.2 Å². The first-order valence-electron chi connectivity index (χ1n) is 11.7. The van der Waals surface area contributed by atoms with Crippen molar-refractivity contribution in [2.45, 2.75) is 26.1 Å². The van der Waals surface area contributed by atoms with Crippen LogP contribution in [0, 0.1) is 6.92 Å². The molecule has 10 heteroatoms. The number of hydrogen-bond donors (Lipinski definition) is 0. The number of para-hydroxylation sites is 1. The third kappa shape index (κ3) is 4.73. The molecule has 0 radical (unpaired) electrons. The number of ether oxygens (including phenoxy) is 1. The number of piperazine rings is 1. The molecule has 1 fully saturated rings. The van der Waals surface area contributed by atoms with Crippen molar-refractivity contribution in [3.63, 3.8) is 0 Å². The molecule has 2 aliphatic rings. The van der Waals surface area contributed by atoms with Crippen molar-refractivity contribution in [3.8, 4) is 11.4 Å². The maximum atomic E-state index is 13.6. The molecular formula is C26H25F3N4O3. The number of fused-ring (bicyclic) bond motifs is 1. The number of halogens is 3. The zero-order valence-electron chi connectivity index (χ0n) is 19.7. The molecule has 0 atom stereocenters. The van der Waals surface area contributed by atoms with Crippen molar-refractivity contribution < 1.29 is 22.7 Å². The van der Waals surface area contributed by atoms with E-state index in [-0.39, 0.29) is 17.1 Å². The van der Waals surface area contributed by atoms with Crippen LogP contribution in [0.5, 0.6) is 5.75 Å². The first kappa shape index (κ1) is 24.1. The van der Waals surface area contributed by atoms with Crippen molar-refractivity contribution in [2.75, 3.05) is 32.8 Å². The topological polar surface area (TPSA) is 67.7 Å². The molecule has 1 saturated heterocycles. The second kappa shape index (κ2) is 9.42. The Balaban J connectivity index is 1.32. The average molecular weight is 499 g/mol. The third-order valence-corrected chi connectivity index (χ3v) is 6.57. The van der Waals surface area contributed by atoms with Crippen LogP contribution in [0.2, 0.25) is 0 Å². The SMILES string of the molecule is Cc1cc(=O)c(C(=O)N2CCN(Cc3ccc4c(c3)CCO4)CC2)nn1-c1ccccc1C(F)(F)F. The van der Waals surface area contributed by atoms with E-state index in [1.165, 1.54) is 41.1 Å². The van der Waals surface area contributed by atoms with Gasteiger partial charge >= 0.3 is 6.18 Å². The summed E-state index contributed by atoms with van der Waals surface area (Å²) >= 11 is 0. The number of benzene rings is 2. The Morgan fingerprint density at radius 3 is 2.56 bits per heavy atom. The van der Waals surface area contributed by atoms with Crippen LogP contribution < -0.4 is 10.2 Å². The van der Waals surface area contributed by atoms with E-state index >= 15 is 0 Å². The fraction of sp³-hybridized carbons (Fsp3) is 0.346. The number of carbonyl (C=O) groups is 1. The Morgan fingerprint density at radius 2 is 1.81 bits per heavy atom. The smallest absolute Gasteiger partial charge is 0.418 e. The van der Waals surface area contributed by atoms with Gasteiger partial charge in [-0.25, -0.2) is 4.68 Å². The Morgan fingerprint density at radius 1 is 1.06 bits per heavy atom. The number of carbonyl (C=O) groups excluding carboxylic acids is 1. The van der Waals surface area contributed by atoms with Gasteiger partial charge in [-0.2, -0.15) is 18.3 Å². The van der Waals surface area contributed by atoms with E-state index in [4.69, 9.17) is 4.74 Å². The number of alkyl halides is 3. The second-order valence-electron chi connectivity index (χ2n) is 9.03. The van der Waals surface area contributed by atoms with E-state index in [9.17, 15) is 22.8 Å². The predicted octanol–water partition coefficient (Wildman–Crippen LogP) is 3.45. The van der Waals surface area contributed by atoms with E-state index in [1.54, 1.807) is 0 Å². The van der Waals surface area contributed by atoms with Gasteiger partial charge in [-0.1, -0.05) is 24.3 Å². The van der Waals surface area contributed by atoms with Gasteiger partial charge in [0.2, 0.25) is 5.43 Å². The largest absolute Gasteiger partial charge is 0.493 e. The summed E-state index contributed by atoms with van der Waals surface area (Å²) in [6.07, 6.45) is -3.71. The molecule has 0 aliphatic carbocycles. The zero-order valence-corrected chi connectivity index (χ0v) is 19.7. The highest BCUT2D eigenvalue weighted by molar-refractivity contribution is 5.92. The molecule has 36 heavy (non-hydrogen) atoms. The molecule has 0 saturated carbocycles. The lowest BCUT2D eigenvalue weighted by Gasteiger charge is -2.34. The second-order valence-corrected chi connectivity index (χ2v) is 9.03. The molecule has 0 spiro atoms. The van der Waals surface area contributed by atoms with E-state index in [1.807, 2.05) is 12.1 Å². The molecule has 0 bridgehead atoms. The van der Waals surface area contributed by atoms with Gasteiger partial charge in [0.25, 0.3) is 5.91 Å². The summed E-state index contributed by atoms with van der Waals surface area (Å²) in [6, 6.07) is 12.3. The van der Waals surface area contributed by atoms with E-state index in [2.05, 4.69) is 16.1 Å². The number of rotatable bonds is 4. The van der Waals surface area contributed by atoms with Crippen LogP contribution in [-0.2, 0) is 19.1 Å². The van der Waals surface area contributed by atoms with Crippen molar-refractivity contribution in [1.29, 1.82) is 0 Å². The van der Waals surface area contributed by atoms with Gasteiger partial charge in [0.05, 0.1) is 17.9 Å². The van der Waals surface area contributed by atoms with Crippen LogP contribution in [0.3, 0.4) is 0 Å². The molecule has 2 aromatic carbocycles. The predicted molar refractivity (Wildman–Crippen MR) is 126 cm³/mol. The van der Waals surface area contributed by atoms with Gasteiger partial charge in [0.15, 0.2) is 5.69 Å². The Kier molecular flexibility index (Phi) is 6.29. The summed E-state index contributed by atoms with van der Waals surface area (Å²) in [5.74, 6) is 0.357. The molecule has 3 aromatic rings. The molecule has 1 aromatic heterocycles. The van der Waals surface area contributed by atoms with Gasteiger partial charge < -0.3 is 9.64 Å². The van der Waals surface area contributed by atoms with Crippen LogP contribution in [-0.4, -0.2) is 58.3 Å². The highest BCUT2D eigenvalue weighted by Crippen LogP contribution is 2.33. The summed E-state index contributed by atoms with van der Waals surface area (Å²) in [5.41, 5.74) is 0.458. The van der Waals surface area contributed by atoms with Gasteiger partial charge in [0.1, 0.15) is 5.75 Å². The van der Waals surface area contributed by atoms with Gasteiger partial charge in [-0.05, 0) is 36.2 Å². The standard InChI is InChI=1S/C26H25F3N4O3/c1-17-14-22(34)24(30-33(17)21-5-3-2-4-20(21)26(27,28)29)25(35)32-11-9-31(10-12-32)16-18-6-7-23-19(15-18)8-13-36-23/h2-7,14-15H,8-13,16H2,1H3. The Bertz CT molecular complexity index is 1360. The summed E-state index contributed by atoms with van der Waals surface area (Å²) in [6.45, 7) is 4.92. The van der Waals surface area contributed by atoms with Crippen molar-refractivity contribution in [1.82, 2.24) is 19.6 Å². The van der Waals surface area contributed by atoms with E-state index in [0.29, 0.717) is 32.8 Å². The lowest BCUT2D eigenvalue weighted by Crippen LogP contribution is -2.49. The van der Waals surface area contributed by atoms with E-state index in [0.717, 1.165) is 35.5 Å². The van der Waals surface area contributed by atoms with Gasteiger partial charge in [0, 0.05) is 50.9 Å². The van der Waals surface area contributed by atoms with Gasteiger partial charge in [-0.3, -0.25) is 14.5 Å². The molecule has 0 unspecified atom stereocenters. The molecule has 5 rings (SSSR count). The van der Waals surface area contributed by atoms with Crippen molar-refractivity contribution >= 4 is 5.91 Å². The third-order valence-electron chi connectivity index (χ3n) is 6.57. The first-order valence-corrected chi connectivity index (χ1v) is 11.7. The monoisotopic (exact) mass is 498 g/mol. The fourth-order valence-corrected chi connectivity index (χ4v) is 4.69. The molecular weight excluding hydrogens is 473 g/mol. The number of aryl methyl sites for hydroxylation is 1. The van der Waals surface area contributed by atoms with Crippen LogP contribution in [0.1, 0.15) is 32.9 Å². The minimum atomic E-state index is -4.61. The Labute approximate surface area is 205 Å². The summed E-state index contributed by atoms with van der Waals surface area (Å²) in [7, 11) is 0. The minimum Gasteiger partial charge on any atom is -0.493 e.